The summed E-state index contributed by atoms with van der Waals surface area (Å²) in [5.41, 5.74) is 2.82. The quantitative estimate of drug-likeness (QED) is 0.220. The molecule has 7 heteroatoms. The average molecular weight is 543 g/mol. The van der Waals surface area contributed by atoms with Gasteiger partial charge in [0.2, 0.25) is 0 Å². The van der Waals surface area contributed by atoms with Crippen LogP contribution >= 0.6 is 15.9 Å². The Morgan fingerprint density at radius 3 is 2.50 bits per heavy atom. The number of methoxy groups -OCH3 is 1. The first-order valence-corrected chi connectivity index (χ1v) is 12.2. The van der Waals surface area contributed by atoms with Gasteiger partial charge in [-0.05, 0) is 61.6 Å². The van der Waals surface area contributed by atoms with Crippen molar-refractivity contribution in [2.24, 2.45) is 0 Å². The number of carbonyl (C=O) groups excluding carboxylic acids is 2. The van der Waals surface area contributed by atoms with E-state index in [4.69, 9.17) is 9.47 Å². The van der Waals surface area contributed by atoms with E-state index in [0.717, 1.165) is 21.9 Å². The molecule has 4 aromatic rings. The Hall–Kier alpha value is -4.10. The van der Waals surface area contributed by atoms with Crippen LogP contribution in [0.15, 0.2) is 95.1 Å². The summed E-state index contributed by atoms with van der Waals surface area (Å²) in [5, 5.41) is 4.95. The SMILES string of the molecule is COc1cc(/C=C2/NC(=O)N(Cc3ccccc3)C2=O)cc(Br)c1OCc1cccc2ccccc12. The monoisotopic (exact) mass is 542 g/mol. The Bertz CT molecular complexity index is 1480. The van der Waals surface area contributed by atoms with E-state index in [9.17, 15) is 9.59 Å². The van der Waals surface area contributed by atoms with E-state index >= 15 is 0 Å². The molecule has 1 heterocycles. The molecule has 6 nitrogen and oxygen atoms in total. The fourth-order valence-electron chi connectivity index (χ4n) is 4.18. The zero-order chi connectivity index (χ0) is 25.1. The standard InChI is InChI=1S/C29H23BrN2O4/c1-35-26-16-20(15-25-28(33)32(29(34)31-25)17-19-8-3-2-4-9-19)14-24(30)27(26)36-18-22-12-7-11-21-10-5-6-13-23(21)22/h2-16H,17-18H2,1H3,(H,31,34)/b25-15+. The van der Waals surface area contributed by atoms with Crippen molar-refractivity contribution in [1.29, 1.82) is 0 Å². The number of nitrogens with zero attached hydrogens (tertiary/aromatic N) is 1. The third-order valence-corrected chi connectivity index (χ3v) is 6.55. The number of amides is 3. The van der Waals surface area contributed by atoms with Crippen molar-refractivity contribution >= 4 is 44.7 Å². The van der Waals surface area contributed by atoms with Crippen LogP contribution in [0.5, 0.6) is 11.5 Å². The largest absolute Gasteiger partial charge is 0.493 e. The fraction of sp³-hybridized carbons (Fsp3) is 0.103. The lowest BCUT2D eigenvalue weighted by atomic mass is 10.1. The molecule has 5 rings (SSSR count). The molecule has 1 aliphatic heterocycles. The fourth-order valence-corrected chi connectivity index (χ4v) is 4.75. The number of imide groups is 1. The smallest absolute Gasteiger partial charge is 0.329 e. The van der Waals surface area contributed by atoms with Crippen LogP contribution in [-0.4, -0.2) is 23.9 Å². The van der Waals surface area contributed by atoms with E-state index in [1.54, 1.807) is 19.3 Å². The molecule has 36 heavy (non-hydrogen) atoms. The Labute approximate surface area is 217 Å². The molecule has 0 aliphatic carbocycles. The highest BCUT2D eigenvalue weighted by atomic mass is 79.9. The van der Waals surface area contributed by atoms with Crippen LogP contribution in [0, 0.1) is 0 Å². The second-order valence-corrected chi connectivity index (χ2v) is 9.18. The number of urea groups is 1. The molecule has 0 saturated carbocycles. The number of hydrogen-bond donors (Lipinski definition) is 1. The number of halogens is 1. The van der Waals surface area contributed by atoms with Crippen molar-refractivity contribution in [2.45, 2.75) is 13.2 Å². The maximum absolute atomic E-state index is 12.9. The van der Waals surface area contributed by atoms with Crippen LogP contribution in [0.4, 0.5) is 4.79 Å². The van der Waals surface area contributed by atoms with Gasteiger partial charge in [-0.3, -0.25) is 9.69 Å². The summed E-state index contributed by atoms with van der Waals surface area (Å²) in [5.74, 6) is 0.685. The molecule has 0 spiro atoms. The van der Waals surface area contributed by atoms with Gasteiger partial charge in [0.25, 0.3) is 5.91 Å². The molecule has 0 bridgehead atoms. The highest BCUT2D eigenvalue weighted by Crippen LogP contribution is 2.38. The van der Waals surface area contributed by atoms with Crippen molar-refractivity contribution < 1.29 is 19.1 Å². The number of rotatable bonds is 7. The first-order chi connectivity index (χ1) is 17.5. The Kier molecular flexibility index (Phi) is 6.73. The summed E-state index contributed by atoms with van der Waals surface area (Å²) in [6.45, 7) is 0.566. The molecule has 3 amide bonds. The van der Waals surface area contributed by atoms with Crippen molar-refractivity contribution in [3.8, 4) is 11.5 Å². The van der Waals surface area contributed by atoms with Crippen LogP contribution in [0.2, 0.25) is 0 Å². The predicted octanol–water partition coefficient (Wildman–Crippen LogP) is 6.28. The molecule has 1 aliphatic rings. The summed E-state index contributed by atoms with van der Waals surface area (Å²) in [4.78, 5) is 26.5. The van der Waals surface area contributed by atoms with E-state index in [0.29, 0.717) is 28.1 Å². The molecule has 0 atom stereocenters. The first-order valence-electron chi connectivity index (χ1n) is 11.4. The summed E-state index contributed by atoms with van der Waals surface area (Å²) >= 11 is 3.58. The van der Waals surface area contributed by atoms with Gasteiger partial charge in [0.05, 0.1) is 18.1 Å². The van der Waals surface area contributed by atoms with Crippen molar-refractivity contribution in [3.63, 3.8) is 0 Å². The maximum atomic E-state index is 12.9. The lowest BCUT2D eigenvalue weighted by molar-refractivity contribution is -0.123. The number of ether oxygens (including phenoxy) is 2. The lowest BCUT2D eigenvalue weighted by Crippen LogP contribution is -2.30. The number of carbonyl (C=O) groups is 2. The molecule has 180 valence electrons. The predicted molar refractivity (Wildman–Crippen MR) is 142 cm³/mol. The highest BCUT2D eigenvalue weighted by molar-refractivity contribution is 9.10. The van der Waals surface area contributed by atoms with Gasteiger partial charge < -0.3 is 14.8 Å². The van der Waals surface area contributed by atoms with E-state index in [1.165, 1.54) is 4.90 Å². The highest BCUT2D eigenvalue weighted by Gasteiger charge is 2.33. The molecular formula is C29H23BrN2O4. The van der Waals surface area contributed by atoms with Gasteiger partial charge in [-0.25, -0.2) is 4.79 Å². The summed E-state index contributed by atoms with van der Waals surface area (Å²) in [6.07, 6.45) is 1.63. The van der Waals surface area contributed by atoms with E-state index in [1.807, 2.05) is 60.7 Å². The van der Waals surface area contributed by atoms with Crippen LogP contribution in [0.3, 0.4) is 0 Å². The van der Waals surface area contributed by atoms with Crippen LogP contribution in [-0.2, 0) is 17.9 Å². The molecule has 0 unspecified atom stereocenters. The van der Waals surface area contributed by atoms with Gasteiger partial charge in [-0.2, -0.15) is 0 Å². The third-order valence-electron chi connectivity index (χ3n) is 5.96. The van der Waals surface area contributed by atoms with Crippen LogP contribution in [0.1, 0.15) is 16.7 Å². The Morgan fingerprint density at radius 1 is 0.944 bits per heavy atom. The molecule has 1 fully saturated rings. The Morgan fingerprint density at radius 2 is 1.69 bits per heavy atom. The minimum Gasteiger partial charge on any atom is -0.493 e. The van der Waals surface area contributed by atoms with Gasteiger partial charge in [0, 0.05) is 0 Å². The first kappa shape index (κ1) is 23.6. The summed E-state index contributed by atoms with van der Waals surface area (Å²) in [6, 6.07) is 26.8. The zero-order valence-electron chi connectivity index (χ0n) is 19.5. The molecule has 0 radical (unpaired) electrons. The minimum atomic E-state index is -0.448. The normalized spacial score (nSPS) is 14.4. The van der Waals surface area contributed by atoms with Gasteiger partial charge in [-0.15, -0.1) is 0 Å². The number of nitrogens with one attached hydrogen (secondary N) is 1. The second-order valence-electron chi connectivity index (χ2n) is 8.33. The molecule has 0 aromatic heterocycles. The van der Waals surface area contributed by atoms with Crippen LogP contribution in [0.25, 0.3) is 16.8 Å². The topological polar surface area (TPSA) is 67.9 Å². The van der Waals surface area contributed by atoms with E-state index in [-0.39, 0.29) is 18.1 Å². The summed E-state index contributed by atoms with van der Waals surface area (Å²) < 4.78 is 12.4. The summed E-state index contributed by atoms with van der Waals surface area (Å²) in [7, 11) is 1.56. The molecule has 1 saturated heterocycles. The van der Waals surface area contributed by atoms with Gasteiger partial charge in [0.1, 0.15) is 12.3 Å². The van der Waals surface area contributed by atoms with Crippen molar-refractivity contribution in [1.82, 2.24) is 10.2 Å². The maximum Gasteiger partial charge on any atom is 0.329 e. The lowest BCUT2D eigenvalue weighted by Gasteiger charge is -2.15. The second kappa shape index (κ2) is 10.3. The zero-order valence-corrected chi connectivity index (χ0v) is 21.1. The van der Waals surface area contributed by atoms with E-state index in [2.05, 4.69) is 39.4 Å². The average Bonchev–Trinajstić information content (AvgIpc) is 3.15. The van der Waals surface area contributed by atoms with Crippen molar-refractivity contribution in [3.05, 3.63) is 112 Å². The number of fused-ring (bicyclic) bond motifs is 1. The Balaban J connectivity index is 1.37. The number of benzene rings is 4. The number of hydrogen-bond acceptors (Lipinski definition) is 4. The van der Waals surface area contributed by atoms with Crippen LogP contribution < -0.4 is 14.8 Å². The molecule has 1 N–H and O–H groups in total. The van der Waals surface area contributed by atoms with Crippen molar-refractivity contribution in [2.75, 3.05) is 7.11 Å². The molecular weight excluding hydrogens is 520 g/mol. The van der Waals surface area contributed by atoms with E-state index < -0.39 is 6.03 Å². The molecule has 4 aromatic carbocycles. The van der Waals surface area contributed by atoms with Gasteiger partial charge in [0.15, 0.2) is 11.5 Å². The minimum absolute atomic E-state index is 0.203. The van der Waals surface area contributed by atoms with Gasteiger partial charge >= 0.3 is 6.03 Å². The third kappa shape index (κ3) is 4.83. The van der Waals surface area contributed by atoms with Gasteiger partial charge in [-0.1, -0.05) is 72.8 Å².